The number of hydrogen-bond donors (Lipinski definition) is 0. The van der Waals surface area contributed by atoms with Crippen LogP contribution in [0.1, 0.15) is 32.8 Å². The Kier molecular flexibility index (Phi) is 2.26. The number of nitrogens with zero attached hydrogens (tertiary/aromatic N) is 1. The quantitative estimate of drug-likeness (QED) is 0.655. The Morgan fingerprint density at radius 1 is 1.29 bits per heavy atom. The molecule has 0 bridgehead atoms. The van der Waals surface area contributed by atoms with Gasteiger partial charge >= 0.3 is 0 Å². The van der Waals surface area contributed by atoms with E-state index in [9.17, 15) is 0 Å². The first-order chi connectivity index (χ1) is 6.65. The molecule has 1 aliphatic rings. The molecule has 14 heavy (non-hydrogen) atoms. The first-order valence-electron chi connectivity index (χ1n) is 5.49. The maximum atomic E-state index is 2.47. The predicted octanol–water partition coefficient (Wildman–Crippen LogP) is 3.19. The molecule has 1 nitrogen and oxygen atoms in total. The first-order valence-corrected chi connectivity index (χ1v) is 5.49. The van der Waals surface area contributed by atoms with Crippen LogP contribution >= 0.6 is 0 Å². The van der Waals surface area contributed by atoms with Crippen LogP contribution in [-0.2, 0) is 5.41 Å². The van der Waals surface area contributed by atoms with Crippen molar-refractivity contribution in [3.8, 4) is 0 Å². The van der Waals surface area contributed by atoms with Gasteiger partial charge in [0.1, 0.15) is 0 Å². The van der Waals surface area contributed by atoms with E-state index in [1.54, 1.807) is 0 Å². The SMILES string of the molecule is CCN1CCC(C)(C)c2ccccc21. The number of rotatable bonds is 1. The molecule has 0 amide bonds. The molecule has 2 rings (SSSR count). The second-order valence-electron chi connectivity index (χ2n) is 4.73. The van der Waals surface area contributed by atoms with Gasteiger partial charge in [-0.05, 0) is 30.4 Å². The molecule has 0 fully saturated rings. The van der Waals surface area contributed by atoms with Crippen LogP contribution in [0.2, 0.25) is 0 Å². The fourth-order valence-corrected chi connectivity index (χ4v) is 2.32. The Balaban J connectivity index is 2.49. The summed E-state index contributed by atoms with van der Waals surface area (Å²) in [5.41, 5.74) is 3.29. The van der Waals surface area contributed by atoms with E-state index in [-0.39, 0.29) is 0 Å². The highest BCUT2D eigenvalue weighted by molar-refractivity contribution is 5.58. The van der Waals surface area contributed by atoms with Crippen molar-refractivity contribution in [2.45, 2.75) is 32.6 Å². The Hall–Kier alpha value is -0.980. The van der Waals surface area contributed by atoms with Gasteiger partial charge < -0.3 is 4.90 Å². The maximum Gasteiger partial charge on any atom is 0.0404 e. The van der Waals surface area contributed by atoms with Gasteiger partial charge in [0.2, 0.25) is 0 Å². The molecular formula is C13H19N. The van der Waals surface area contributed by atoms with Crippen molar-refractivity contribution in [1.29, 1.82) is 0 Å². The average molecular weight is 189 g/mol. The lowest BCUT2D eigenvalue weighted by molar-refractivity contribution is 0.456. The molecule has 0 aliphatic carbocycles. The van der Waals surface area contributed by atoms with Crippen molar-refractivity contribution in [2.24, 2.45) is 0 Å². The molecule has 0 saturated carbocycles. The van der Waals surface area contributed by atoms with Gasteiger partial charge in [-0.3, -0.25) is 0 Å². The lowest BCUT2D eigenvalue weighted by atomic mass is 9.78. The summed E-state index contributed by atoms with van der Waals surface area (Å²) in [4.78, 5) is 2.47. The van der Waals surface area contributed by atoms with Crippen molar-refractivity contribution in [1.82, 2.24) is 0 Å². The molecule has 1 aromatic carbocycles. The Morgan fingerprint density at radius 3 is 2.71 bits per heavy atom. The third kappa shape index (κ3) is 1.41. The number of fused-ring (bicyclic) bond motifs is 1. The van der Waals surface area contributed by atoms with Crippen LogP contribution in [0.4, 0.5) is 5.69 Å². The maximum absolute atomic E-state index is 2.47. The molecule has 0 radical (unpaired) electrons. The highest BCUT2D eigenvalue weighted by Crippen LogP contribution is 2.38. The second-order valence-corrected chi connectivity index (χ2v) is 4.73. The number of hydrogen-bond acceptors (Lipinski definition) is 1. The van der Waals surface area contributed by atoms with Gasteiger partial charge in [-0.2, -0.15) is 0 Å². The molecule has 0 saturated heterocycles. The largest absolute Gasteiger partial charge is 0.372 e. The minimum Gasteiger partial charge on any atom is -0.372 e. The van der Waals surface area contributed by atoms with Crippen molar-refractivity contribution in [3.63, 3.8) is 0 Å². The molecule has 0 aromatic heterocycles. The molecule has 0 atom stereocenters. The van der Waals surface area contributed by atoms with Gasteiger partial charge in [-0.25, -0.2) is 0 Å². The van der Waals surface area contributed by atoms with Crippen molar-refractivity contribution in [2.75, 3.05) is 18.0 Å². The van der Waals surface area contributed by atoms with Crippen LogP contribution in [-0.4, -0.2) is 13.1 Å². The van der Waals surface area contributed by atoms with Crippen LogP contribution in [0.5, 0.6) is 0 Å². The summed E-state index contributed by atoms with van der Waals surface area (Å²) in [6, 6.07) is 8.82. The van der Waals surface area contributed by atoms with E-state index in [0.717, 1.165) is 6.54 Å². The zero-order valence-electron chi connectivity index (χ0n) is 9.38. The smallest absolute Gasteiger partial charge is 0.0404 e. The minimum absolute atomic E-state index is 0.349. The number of benzene rings is 1. The molecular weight excluding hydrogens is 170 g/mol. The van der Waals surface area contributed by atoms with E-state index in [4.69, 9.17) is 0 Å². The molecule has 0 unspecified atom stereocenters. The third-order valence-corrected chi connectivity index (χ3v) is 3.36. The van der Waals surface area contributed by atoms with Gasteiger partial charge in [-0.15, -0.1) is 0 Å². The lowest BCUT2D eigenvalue weighted by Gasteiger charge is -2.39. The summed E-state index contributed by atoms with van der Waals surface area (Å²) in [6.07, 6.45) is 1.26. The van der Waals surface area contributed by atoms with Crippen molar-refractivity contribution >= 4 is 5.69 Å². The molecule has 0 N–H and O–H groups in total. The predicted molar refractivity (Wildman–Crippen MR) is 62.0 cm³/mol. The van der Waals surface area contributed by atoms with Gasteiger partial charge in [-0.1, -0.05) is 32.0 Å². The lowest BCUT2D eigenvalue weighted by Crippen LogP contribution is -2.36. The van der Waals surface area contributed by atoms with Crippen LogP contribution in [0.3, 0.4) is 0 Å². The normalized spacial score (nSPS) is 19.2. The molecule has 0 spiro atoms. The van der Waals surface area contributed by atoms with E-state index in [0.29, 0.717) is 5.41 Å². The Bertz CT molecular complexity index is 328. The molecule has 1 heterocycles. The Morgan fingerprint density at radius 2 is 2.00 bits per heavy atom. The number of anilines is 1. The summed E-state index contributed by atoms with van der Waals surface area (Å²) < 4.78 is 0. The van der Waals surface area contributed by atoms with Crippen LogP contribution in [0, 0.1) is 0 Å². The Labute approximate surface area is 86.7 Å². The van der Waals surface area contributed by atoms with Gasteiger partial charge in [0.25, 0.3) is 0 Å². The summed E-state index contributed by atoms with van der Waals surface area (Å²) in [6.45, 7) is 9.24. The van der Waals surface area contributed by atoms with E-state index in [1.165, 1.54) is 24.2 Å². The summed E-state index contributed by atoms with van der Waals surface area (Å²) >= 11 is 0. The number of para-hydroxylation sites is 1. The van der Waals surface area contributed by atoms with Crippen LogP contribution in [0.25, 0.3) is 0 Å². The highest BCUT2D eigenvalue weighted by atomic mass is 15.1. The van der Waals surface area contributed by atoms with E-state index in [2.05, 4.69) is 49.9 Å². The molecule has 1 heteroatoms. The van der Waals surface area contributed by atoms with E-state index in [1.807, 2.05) is 0 Å². The van der Waals surface area contributed by atoms with Crippen LogP contribution in [0.15, 0.2) is 24.3 Å². The van der Waals surface area contributed by atoms with Gasteiger partial charge in [0.15, 0.2) is 0 Å². The van der Waals surface area contributed by atoms with E-state index < -0.39 is 0 Å². The average Bonchev–Trinajstić information content (AvgIpc) is 2.18. The summed E-state index contributed by atoms with van der Waals surface area (Å²) in [5, 5.41) is 0. The first kappa shape index (κ1) is 9.57. The molecule has 1 aliphatic heterocycles. The van der Waals surface area contributed by atoms with Crippen LogP contribution < -0.4 is 4.90 Å². The zero-order chi connectivity index (χ0) is 10.2. The fraction of sp³-hybridized carbons (Fsp3) is 0.538. The van der Waals surface area contributed by atoms with Gasteiger partial charge in [0.05, 0.1) is 0 Å². The molecule has 76 valence electrons. The van der Waals surface area contributed by atoms with Gasteiger partial charge in [0, 0.05) is 18.8 Å². The van der Waals surface area contributed by atoms with E-state index >= 15 is 0 Å². The third-order valence-electron chi connectivity index (χ3n) is 3.36. The summed E-state index contributed by atoms with van der Waals surface area (Å²) in [5.74, 6) is 0. The van der Waals surface area contributed by atoms with Crippen molar-refractivity contribution in [3.05, 3.63) is 29.8 Å². The monoisotopic (exact) mass is 189 g/mol. The molecule has 1 aromatic rings. The van der Waals surface area contributed by atoms with Crippen molar-refractivity contribution < 1.29 is 0 Å². The topological polar surface area (TPSA) is 3.24 Å². The minimum atomic E-state index is 0.349. The zero-order valence-corrected chi connectivity index (χ0v) is 9.38. The highest BCUT2D eigenvalue weighted by Gasteiger charge is 2.29. The standard InChI is InChI=1S/C13H19N/c1-4-14-10-9-13(2,3)11-7-5-6-8-12(11)14/h5-8H,4,9-10H2,1-3H3. The summed E-state index contributed by atoms with van der Waals surface area (Å²) in [7, 11) is 0. The fourth-order valence-electron chi connectivity index (χ4n) is 2.32. The second kappa shape index (κ2) is 3.30.